The molecule has 1 atom stereocenters. The number of carbonyl (C=O) groups excluding carboxylic acids is 1. The summed E-state index contributed by atoms with van der Waals surface area (Å²) in [5.74, 6) is 0.466. The molecule has 2 aliphatic rings. The number of rotatable bonds is 5. The highest BCUT2D eigenvalue weighted by Crippen LogP contribution is 2.47. The smallest absolute Gasteiger partial charge is 0.314 e. The Kier molecular flexibility index (Phi) is 4.44. The van der Waals surface area contributed by atoms with E-state index in [2.05, 4.69) is 34.9 Å². The van der Waals surface area contributed by atoms with Gasteiger partial charge in [0.15, 0.2) is 0 Å². The Balaban J connectivity index is 1.41. The van der Waals surface area contributed by atoms with Crippen molar-refractivity contribution in [3.05, 3.63) is 35.9 Å². The van der Waals surface area contributed by atoms with Gasteiger partial charge in [-0.05, 0) is 37.2 Å². The quantitative estimate of drug-likeness (QED) is 0.874. The van der Waals surface area contributed by atoms with Crippen LogP contribution in [0.4, 0.5) is 4.79 Å². The molecule has 1 heterocycles. The van der Waals surface area contributed by atoms with Crippen molar-refractivity contribution in [2.45, 2.75) is 31.1 Å². The lowest BCUT2D eigenvalue weighted by Gasteiger charge is -2.23. The van der Waals surface area contributed by atoms with Crippen LogP contribution in [0, 0.1) is 5.92 Å². The zero-order chi connectivity index (χ0) is 14.5. The molecule has 1 aromatic carbocycles. The summed E-state index contributed by atoms with van der Waals surface area (Å²) in [5, 5.41) is 6.01. The van der Waals surface area contributed by atoms with Crippen molar-refractivity contribution < 1.29 is 9.53 Å². The predicted molar refractivity (Wildman–Crippen MR) is 82.3 cm³/mol. The minimum Gasteiger partial charge on any atom is -0.381 e. The van der Waals surface area contributed by atoms with Crippen LogP contribution >= 0.6 is 0 Å². The van der Waals surface area contributed by atoms with Gasteiger partial charge in [-0.25, -0.2) is 4.79 Å². The maximum Gasteiger partial charge on any atom is 0.314 e. The Morgan fingerprint density at radius 2 is 2.05 bits per heavy atom. The largest absolute Gasteiger partial charge is 0.381 e. The van der Waals surface area contributed by atoms with Crippen LogP contribution in [0.1, 0.15) is 31.2 Å². The molecule has 114 valence electrons. The Hall–Kier alpha value is -1.55. The van der Waals surface area contributed by atoms with Crippen LogP contribution in [-0.2, 0) is 10.2 Å². The number of ether oxygens (including phenoxy) is 1. The normalized spacial score (nSPS) is 23.3. The van der Waals surface area contributed by atoms with E-state index in [-0.39, 0.29) is 11.4 Å². The van der Waals surface area contributed by atoms with E-state index in [1.54, 1.807) is 0 Å². The number of urea groups is 1. The Morgan fingerprint density at radius 1 is 1.24 bits per heavy atom. The molecule has 1 aliphatic carbocycles. The van der Waals surface area contributed by atoms with E-state index in [9.17, 15) is 4.79 Å². The molecule has 4 heteroatoms. The molecule has 2 amide bonds. The summed E-state index contributed by atoms with van der Waals surface area (Å²) in [6, 6.07) is 10.4. The highest BCUT2D eigenvalue weighted by Gasteiger charge is 2.44. The third-order valence-corrected chi connectivity index (χ3v) is 4.63. The van der Waals surface area contributed by atoms with Gasteiger partial charge in [-0.15, -0.1) is 0 Å². The van der Waals surface area contributed by atoms with E-state index in [4.69, 9.17) is 4.74 Å². The molecule has 0 spiro atoms. The molecule has 1 saturated carbocycles. The maximum absolute atomic E-state index is 11.9. The molecule has 1 aromatic rings. The number of nitrogens with one attached hydrogen (secondary N) is 2. The molecule has 0 bridgehead atoms. The number of carbonyl (C=O) groups is 1. The van der Waals surface area contributed by atoms with Crippen molar-refractivity contribution in [2.24, 2.45) is 5.92 Å². The second kappa shape index (κ2) is 6.48. The first-order valence-corrected chi connectivity index (χ1v) is 7.93. The lowest BCUT2D eigenvalue weighted by Crippen LogP contribution is -2.42. The van der Waals surface area contributed by atoms with Crippen molar-refractivity contribution in [3.8, 4) is 0 Å². The minimum absolute atomic E-state index is 0.0530. The van der Waals surface area contributed by atoms with E-state index in [1.165, 1.54) is 5.56 Å². The zero-order valence-corrected chi connectivity index (χ0v) is 12.4. The van der Waals surface area contributed by atoms with Crippen molar-refractivity contribution in [1.29, 1.82) is 0 Å². The number of hydrogen-bond acceptors (Lipinski definition) is 2. The average Bonchev–Trinajstić information content (AvgIpc) is 3.34. The Morgan fingerprint density at radius 3 is 2.71 bits per heavy atom. The summed E-state index contributed by atoms with van der Waals surface area (Å²) >= 11 is 0. The van der Waals surface area contributed by atoms with Gasteiger partial charge < -0.3 is 15.4 Å². The van der Waals surface area contributed by atoms with Gasteiger partial charge in [-0.1, -0.05) is 30.3 Å². The minimum atomic E-state index is -0.0530. The molecular weight excluding hydrogens is 264 g/mol. The van der Waals surface area contributed by atoms with Crippen molar-refractivity contribution in [1.82, 2.24) is 10.6 Å². The van der Waals surface area contributed by atoms with Gasteiger partial charge in [0.05, 0.1) is 6.61 Å². The fourth-order valence-corrected chi connectivity index (χ4v) is 3.03. The van der Waals surface area contributed by atoms with Crippen LogP contribution in [0.2, 0.25) is 0 Å². The maximum atomic E-state index is 11.9. The van der Waals surface area contributed by atoms with Crippen molar-refractivity contribution in [3.63, 3.8) is 0 Å². The first kappa shape index (κ1) is 14.4. The lowest BCUT2D eigenvalue weighted by molar-refractivity contribution is 0.0557. The molecule has 0 aromatic heterocycles. The standard InChI is InChI=1S/C17H24N2O2/c20-16(18-11-14-5-4-10-21-12-14)19-13-17(8-9-17)15-6-2-1-3-7-15/h1-3,6-7,14H,4-5,8-13H2,(H2,18,19,20)/t14-/m1/s1. The van der Waals surface area contributed by atoms with E-state index in [0.717, 1.165) is 45.4 Å². The molecule has 0 radical (unpaired) electrons. The lowest BCUT2D eigenvalue weighted by atomic mass is 9.96. The van der Waals surface area contributed by atoms with Gasteiger partial charge in [0.1, 0.15) is 0 Å². The third kappa shape index (κ3) is 3.76. The average molecular weight is 288 g/mol. The fourth-order valence-electron chi connectivity index (χ4n) is 3.03. The first-order valence-electron chi connectivity index (χ1n) is 7.93. The highest BCUT2D eigenvalue weighted by molar-refractivity contribution is 5.74. The van der Waals surface area contributed by atoms with Gasteiger partial charge >= 0.3 is 6.03 Å². The molecular formula is C17H24N2O2. The van der Waals surface area contributed by atoms with E-state index < -0.39 is 0 Å². The summed E-state index contributed by atoms with van der Waals surface area (Å²) in [7, 11) is 0. The number of benzene rings is 1. The van der Waals surface area contributed by atoms with Crippen molar-refractivity contribution in [2.75, 3.05) is 26.3 Å². The first-order chi connectivity index (χ1) is 10.3. The van der Waals surface area contributed by atoms with E-state index >= 15 is 0 Å². The summed E-state index contributed by atoms with van der Waals surface area (Å²) in [6.45, 7) is 3.07. The van der Waals surface area contributed by atoms with E-state index in [0.29, 0.717) is 12.5 Å². The molecule has 4 nitrogen and oxygen atoms in total. The molecule has 2 fully saturated rings. The Bertz CT molecular complexity index is 465. The topological polar surface area (TPSA) is 50.4 Å². The predicted octanol–water partition coefficient (Wildman–Crippen LogP) is 2.44. The molecule has 1 aliphatic heterocycles. The van der Waals surface area contributed by atoms with Crippen LogP contribution < -0.4 is 10.6 Å². The SMILES string of the molecule is O=C(NC[C@H]1CCCOC1)NCC1(c2ccccc2)CC1. The molecule has 2 N–H and O–H groups in total. The Labute approximate surface area is 126 Å². The summed E-state index contributed by atoms with van der Waals surface area (Å²) < 4.78 is 5.42. The summed E-state index contributed by atoms with van der Waals surface area (Å²) in [5.41, 5.74) is 1.51. The number of amides is 2. The van der Waals surface area contributed by atoms with Crippen LogP contribution in [0.3, 0.4) is 0 Å². The third-order valence-electron chi connectivity index (χ3n) is 4.63. The highest BCUT2D eigenvalue weighted by atomic mass is 16.5. The molecule has 3 rings (SSSR count). The van der Waals surface area contributed by atoms with E-state index in [1.807, 2.05) is 6.07 Å². The second-order valence-electron chi connectivity index (χ2n) is 6.29. The molecule has 21 heavy (non-hydrogen) atoms. The van der Waals surface area contributed by atoms with Crippen molar-refractivity contribution >= 4 is 6.03 Å². The van der Waals surface area contributed by atoms with Crippen LogP contribution in [0.25, 0.3) is 0 Å². The van der Waals surface area contributed by atoms with Gasteiger partial charge in [-0.2, -0.15) is 0 Å². The second-order valence-corrected chi connectivity index (χ2v) is 6.29. The monoisotopic (exact) mass is 288 g/mol. The van der Waals surface area contributed by atoms with Gasteiger partial charge in [-0.3, -0.25) is 0 Å². The molecule has 0 unspecified atom stereocenters. The summed E-state index contributed by atoms with van der Waals surface area (Å²) in [4.78, 5) is 11.9. The van der Waals surface area contributed by atoms with Gasteiger partial charge in [0.25, 0.3) is 0 Å². The molecule has 1 saturated heterocycles. The van der Waals surface area contributed by atoms with Crippen LogP contribution in [0.5, 0.6) is 0 Å². The van der Waals surface area contributed by atoms with Crippen LogP contribution in [-0.4, -0.2) is 32.3 Å². The summed E-state index contributed by atoms with van der Waals surface area (Å²) in [6.07, 6.45) is 4.57. The fraction of sp³-hybridized carbons (Fsp3) is 0.588. The number of hydrogen-bond donors (Lipinski definition) is 2. The van der Waals surface area contributed by atoms with Gasteiger partial charge in [0.2, 0.25) is 0 Å². The van der Waals surface area contributed by atoms with Crippen LogP contribution in [0.15, 0.2) is 30.3 Å². The van der Waals surface area contributed by atoms with Gasteiger partial charge in [0, 0.05) is 25.1 Å². The zero-order valence-electron chi connectivity index (χ0n) is 12.4.